The smallest absolute Gasteiger partial charge is 0.315 e. The van der Waals surface area contributed by atoms with Gasteiger partial charge in [0.1, 0.15) is 0 Å². The summed E-state index contributed by atoms with van der Waals surface area (Å²) in [6.45, 7) is 3.69. The van der Waals surface area contributed by atoms with E-state index in [0.717, 1.165) is 0 Å². The molecule has 1 heterocycles. The Morgan fingerprint density at radius 3 is 2.68 bits per heavy atom. The second-order valence-corrected chi connectivity index (χ2v) is 4.47. The van der Waals surface area contributed by atoms with E-state index in [9.17, 15) is 9.59 Å². The van der Waals surface area contributed by atoms with Crippen LogP contribution in [0.15, 0.2) is 18.3 Å². The average Bonchev–Trinajstić information content (AvgIpc) is 2.43. The molecule has 0 bridgehead atoms. The Balaban J connectivity index is 2.38. The number of aromatic nitrogens is 2. The normalized spacial score (nSPS) is 13.4. The lowest BCUT2D eigenvalue weighted by molar-refractivity contribution is -0.147. The molecule has 1 atom stereocenters. The van der Waals surface area contributed by atoms with Crippen molar-refractivity contribution in [1.82, 2.24) is 20.8 Å². The highest BCUT2D eigenvalue weighted by Crippen LogP contribution is 2.19. The fourth-order valence-electron chi connectivity index (χ4n) is 1.29. The lowest BCUT2D eigenvalue weighted by atomic mass is 9.88. The van der Waals surface area contributed by atoms with E-state index < -0.39 is 17.4 Å². The third-order valence-corrected chi connectivity index (χ3v) is 2.99. The van der Waals surface area contributed by atoms with Crippen LogP contribution in [0.25, 0.3) is 0 Å². The number of carbonyl (C=O) groups is 2. The number of carboxylic acid groups (broad SMARTS) is 1. The average molecular weight is 266 g/mol. The van der Waals surface area contributed by atoms with Gasteiger partial charge >= 0.3 is 12.0 Å². The number of amides is 2. The first-order valence-corrected chi connectivity index (χ1v) is 5.99. The van der Waals surface area contributed by atoms with Crippen molar-refractivity contribution in [3.63, 3.8) is 0 Å². The van der Waals surface area contributed by atoms with Crippen LogP contribution in [0.2, 0.25) is 0 Å². The van der Waals surface area contributed by atoms with Crippen LogP contribution in [-0.4, -0.2) is 33.8 Å². The van der Waals surface area contributed by atoms with Crippen LogP contribution in [0.4, 0.5) is 4.79 Å². The maximum atomic E-state index is 11.5. The molecule has 7 heteroatoms. The highest BCUT2D eigenvalue weighted by atomic mass is 16.4. The van der Waals surface area contributed by atoms with Crippen molar-refractivity contribution in [3.8, 4) is 0 Å². The molecule has 7 nitrogen and oxygen atoms in total. The highest BCUT2D eigenvalue weighted by Gasteiger charge is 2.31. The molecule has 0 aliphatic rings. The highest BCUT2D eigenvalue weighted by molar-refractivity contribution is 5.77. The van der Waals surface area contributed by atoms with E-state index >= 15 is 0 Å². The molecule has 1 aromatic heterocycles. The van der Waals surface area contributed by atoms with Gasteiger partial charge in [-0.1, -0.05) is 6.92 Å². The number of nitrogens with one attached hydrogen (secondary N) is 2. The summed E-state index contributed by atoms with van der Waals surface area (Å²) < 4.78 is 0. The third kappa shape index (κ3) is 4.53. The van der Waals surface area contributed by atoms with E-state index in [-0.39, 0.29) is 13.1 Å². The zero-order valence-electron chi connectivity index (χ0n) is 11.0. The zero-order valence-corrected chi connectivity index (χ0v) is 11.0. The molecular weight excluding hydrogens is 248 g/mol. The minimum absolute atomic E-state index is 0.0745. The second-order valence-electron chi connectivity index (χ2n) is 4.47. The quantitative estimate of drug-likeness (QED) is 0.705. The lowest BCUT2D eigenvalue weighted by Crippen LogP contribution is -2.44. The van der Waals surface area contributed by atoms with Gasteiger partial charge in [0.05, 0.1) is 17.7 Å². The number of hydrogen-bond acceptors (Lipinski definition) is 4. The van der Waals surface area contributed by atoms with Crippen LogP contribution in [0.5, 0.6) is 0 Å². The van der Waals surface area contributed by atoms with Crippen molar-refractivity contribution in [3.05, 3.63) is 24.0 Å². The number of aliphatic carboxylic acids is 1. The molecule has 0 radical (unpaired) electrons. The van der Waals surface area contributed by atoms with Crippen LogP contribution >= 0.6 is 0 Å². The second kappa shape index (κ2) is 6.67. The molecule has 19 heavy (non-hydrogen) atoms. The summed E-state index contributed by atoms with van der Waals surface area (Å²) in [6, 6.07) is 3.04. The topological polar surface area (TPSA) is 104 Å². The molecule has 1 rings (SSSR count). The van der Waals surface area contributed by atoms with Gasteiger partial charge in [-0.25, -0.2) is 4.79 Å². The molecule has 0 saturated carbocycles. The monoisotopic (exact) mass is 266 g/mol. The van der Waals surface area contributed by atoms with Crippen molar-refractivity contribution in [2.75, 3.05) is 6.54 Å². The number of rotatable bonds is 6. The Morgan fingerprint density at radius 1 is 1.42 bits per heavy atom. The lowest BCUT2D eigenvalue weighted by Gasteiger charge is -2.23. The first-order chi connectivity index (χ1) is 8.98. The van der Waals surface area contributed by atoms with E-state index in [4.69, 9.17) is 5.11 Å². The largest absolute Gasteiger partial charge is 0.481 e. The Kier molecular flexibility index (Phi) is 5.23. The van der Waals surface area contributed by atoms with Gasteiger partial charge in [0.15, 0.2) is 0 Å². The van der Waals surface area contributed by atoms with E-state index in [1.54, 1.807) is 32.2 Å². The Bertz CT molecular complexity index is 438. The minimum Gasteiger partial charge on any atom is -0.481 e. The van der Waals surface area contributed by atoms with Crippen LogP contribution in [-0.2, 0) is 11.3 Å². The fourth-order valence-corrected chi connectivity index (χ4v) is 1.29. The van der Waals surface area contributed by atoms with E-state index in [0.29, 0.717) is 12.1 Å². The van der Waals surface area contributed by atoms with Crippen LogP contribution in [0, 0.1) is 5.41 Å². The zero-order chi connectivity index (χ0) is 14.3. The molecule has 0 aliphatic carbocycles. The molecule has 0 fully saturated rings. The molecule has 0 spiro atoms. The number of hydrogen-bond donors (Lipinski definition) is 3. The Hall–Kier alpha value is -2.18. The molecule has 104 valence electrons. The standard InChI is InChI=1S/C12H18N4O3/c1-3-12(2,10(17)18)8-14-11(19)13-7-9-5-4-6-15-16-9/h4-6H,3,7-8H2,1-2H3,(H,17,18)(H2,13,14,19). The van der Waals surface area contributed by atoms with Gasteiger partial charge in [0.25, 0.3) is 0 Å². The van der Waals surface area contributed by atoms with E-state index in [1.165, 1.54) is 0 Å². The third-order valence-electron chi connectivity index (χ3n) is 2.99. The Labute approximate surface area is 111 Å². The van der Waals surface area contributed by atoms with Gasteiger partial charge in [-0.3, -0.25) is 4.79 Å². The van der Waals surface area contributed by atoms with Crippen LogP contribution in [0.3, 0.4) is 0 Å². The van der Waals surface area contributed by atoms with Gasteiger partial charge in [0, 0.05) is 12.7 Å². The maximum absolute atomic E-state index is 11.5. The first kappa shape index (κ1) is 14.9. The first-order valence-electron chi connectivity index (χ1n) is 5.99. The van der Waals surface area contributed by atoms with Crippen molar-refractivity contribution < 1.29 is 14.7 Å². The number of carboxylic acids is 1. The van der Waals surface area contributed by atoms with E-state index in [1.807, 2.05) is 0 Å². The number of urea groups is 1. The van der Waals surface area contributed by atoms with E-state index in [2.05, 4.69) is 20.8 Å². The predicted molar refractivity (Wildman–Crippen MR) is 68.3 cm³/mol. The number of nitrogens with zero attached hydrogens (tertiary/aromatic N) is 2. The summed E-state index contributed by atoms with van der Waals surface area (Å²) in [5.41, 5.74) is -0.321. The Morgan fingerprint density at radius 2 is 2.16 bits per heavy atom. The molecule has 1 unspecified atom stereocenters. The van der Waals surface area contributed by atoms with Crippen molar-refractivity contribution in [1.29, 1.82) is 0 Å². The molecule has 1 aromatic rings. The summed E-state index contributed by atoms with van der Waals surface area (Å²) in [5.74, 6) is -0.927. The molecule has 0 aromatic carbocycles. The number of carbonyl (C=O) groups excluding carboxylic acids is 1. The molecular formula is C12H18N4O3. The van der Waals surface area contributed by atoms with Crippen molar-refractivity contribution >= 4 is 12.0 Å². The van der Waals surface area contributed by atoms with Crippen molar-refractivity contribution in [2.45, 2.75) is 26.8 Å². The molecule has 0 aliphatic heterocycles. The summed E-state index contributed by atoms with van der Waals surface area (Å²) >= 11 is 0. The predicted octanol–water partition coefficient (Wildman–Crippen LogP) is 0.777. The minimum atomic E-state index is -0.954. The summed E-state index contributed by atoms with van der Waals surface area (Å²) in [5, 5.41) is 21.7. The van der Waals surface area contributed by atoms with Crippen LogP contribution < -0.4 is 10.6 Å². The fraction of sp³-hybridized carbons (Fsp3) is 0.500. The van der Waals surface area contributed by atoms with Gasteiger partial charge in [-0.05, 0) is 25.5 Å². The van der Waals surface area contributed by atoms with Gasteiger partial charge in [0.2, 0.25) is 0 Å². The van der Waals surface area contributed by atoms with Gasteiger partial charge in [-0.2, -0.15) is 10.2 Å². The summed E-state index contributed by atoms with van der Waals surface area (Å²) in [4.78, 5) is 22.6. The van der Waals surface area contributed by atoms with Gasteiger partial charge in [-0.15, -0.1) is 0 Å². The molecule has 3 N–H and O–H groups in total. The summed E-state index contributed by atoms with van der Waals surface area (Å²) in [6.07, 6.45) is 1.98. The SMILES string of the molecule is CCC(C)(CNC(=O)NCc1cccnn1)C(=O)O. The maximum Gasteiger partial charge on any atom is 0.315 e. The molecule has 2 amide bonds. The van der Waals surface area contributed by atoms with Gasteiger partial charge < -0.3 is 15.7 Å². The summed E-state index contributed by atoms with van der Waals surface area (Å²) in [7, 11) is 0. The molecule has 0 saturated heterocycles. The van der Waals surface area contributed by atoms with Crippen molar-refractivity contribution in [2.24, 2.45) is 5.41 Å². The van der Waals surface area contributed by atoms with Crippen LogP contribution in [0.1, 0.15) is 26.0 Å².